The number of esters is 1. The molecule has 2 aromatic rings. The minimum atomic E-state index is -0.614. The summed E-state index contributed by atoms with van der Waals surface area (Å²) in [4.78, 5) is 15.1. The molecule has 2 rings (SSSR count). The van der Waals surface area contributed by atoms with Crippen LogP contribution in [0, 0.1) is 0 Å². The fourth-order valence-corrected chi connectivity index (χ4v) is 3.11. The molecule has 26 heavy (non-hydrogen) atoms. The highest BCUT2D eigenvalue weighted by Gasteiger charge is 2.25. The Bertz CT molecular complexity index is 784. The minimum absolute atomic E-state index is 0.0583. The maximum Gasteiger partial charge on any atom is 0.355 e. The number of aromatic nitrogens is 1. The SMILES string of the molecule is CCOC(=O)c1[nH]c(CN)c(-c2ccc(CO)c(CO)c2CO)c1CO. The van der Waals surface area contributed by atoms with Gasteiger partial charge in [0.2, 0.25) is 0 Å². The number of ether oxygens (including phenoxy) is 1. The predicted molar refractivity (Wildman–Crippen MR) is 93.8 cm³/mol. The van der Waals surface area contributed by atoms with Crippen LogP contribution in [0.1, 0.15) is 45.4 Å². The van der Waals surface area contributed by atoms with E-state index < -0.39 is 19.2 Å². The number of hydrogen-bond acceptors (Lipinski definition) is 7. The summed E-state index contributed by atoms with van der Waals surface area (Å²) in [6, 6.07) is 3.28. The number of aliphatic hydroxyl groups is 4. The normalized spacial score (nSPS) is 11.0. The Hall–Kier alpha value is -2.23. The van der Waals surface area contributed by atoms with E-state index in [9.17, 15) is 25.2 Å². The number of nitrogens with two attached hydrogens (primary N) is 1. The summed E-state index contributed by atoms with van der Waals surface area (Å²) in [5.74, 6) is -0.614. The van der Waals surface area contributed by atoms with Gasteiger partial charge in [0.05, 0.1) is 33.0 Å². The van der Waals surface area contributed by atoms with Crippen LogP contribution in [0.4, 0.5) is 0 Å². The Morgan fingerprint density at radius 3 is 2.19 bits per heavy atom. The highest BCUT2D eigenvalue weighted by Crippen LogP contribution is 2.36. The highest BCUT2D eigenvalue weighted by molar-refractivity contribution is 5.93. The van der Waals surface area contributed by atoms with Crippen LogP contribution in [0.15, 0.2) is 12.1 Å². The van der Waals surface area contributed by atoms with Gasteiger partial charge in [0.25, 0.3) is 0 Å². The molecule has 0 unspecified atom stereocenters. The van der Waals surface area contributed by atoms with Gasteiger partial charge in [-0.2, -0.15) is 0 Å². The number of carbonyl (C=O) groups excluding carboxylic acids is 1. The maximum atomic E-state index is 12.2. The second-order valence-corrected chi connectivity index (χ2v) is 5.62. The van der Waals surface area contributed by atoms with Crippen molar-refractivity contribution in [1.82, 2.24) is 4.98 Å². The molecular formula is C18H24N2O6. The Balaban J connectivity index is 2.77. The zero-order valence-corrected chi connectivity index (χ0v) is 14.6. The number of carbonyl (C=O) groups is 1. The summed E-state index contributed by atoms with van der Waals surface area (Å²) < 4.78 is 5.01. The van der Waals surface area contributed by atoms with Gasteiger partial charge in [0.1, 0.15) is 5.69 Å². The lowest BCUT2D eigenvalue weighted by Gasteiger charge is -2.17. The molecule has 7 N–H and O–H groups in total. The van der Waals surface area contributed by atoms with Crippen LogP contribution < -0.4 is 5.73 Å². The quantitative estimate of drug-likeness (QED) is 0.369. The number of rotatable bonds is 8. The summed E-state index contributed by atoms with van der Waals surface area (Å²) in [5, 5.41) is 38.8. The zero-order chi connectivity index (χ0) is 19.3. The fourth-order valence-electron chi connectivity index (χ4n) is 3.11. The van der Waals surface area contributed by atoms with E-state index in [-0.39, 0.29) is 32.1 Å². The Kier molecular flexibility index (Phi) is 6.90. The van der Waals surface area contributed by atoms with Crippen LogP contribution in [0.3, 0.4) is 0 Å². The number of nitrogens with one attached hydrogen (secondary N) is 1. The molecule has 0 aliphatic heterocycles. The van der Waals surface area contributed by atoms with Gasteiger partial charge in [-0.1, -0.05) is 12.1 Å². The van der Waals surface area contributed by atoms with Gasteiger partial charge >= 0.3 is 5.97 Å². The van der Waals surface area contributed by atoms with E-state index >= 15 is 0 Å². The zero-order valence-electron chi connectivity index (χ0n) is 14.6. The minimum Gasteiger partial charge on any atom is -0.461 e. The van der Waals surface area contributed by atoms with Crippen molar-refractivity contribution in [2.75, 3.05) is 6.61 Å². The lowest BCUT2D eigenvalue weighted by molar-refractivity contribution is 0.0516. The maximum absolute atomic E-state index is 12.2. The second kappa shape index (κ2) is 8.93. The molecule has 0 saturated carbocycles. The molecule has 0 aliphatic carbocycles. The molecule has 0 bridgehead atoms. The molecular weight excluding hydrogens is 340 g/mol. The number of hydrogen-bond donors (Lipinski definition) is 6. The molecule has 1 heterocycles. The summed E-state index contributed by atoms with van der Waals surface area (Å²) in [7, 11) is 0. The Labute approximate surface area is 150 Å². The van der Waals surface area contributed by atoms with Crippen molar-refractivity contribution in [1.29, 1.82) is 0 Å². The van der Waals surface area contributed by atoms with Crippen LogP contribution in [0.2, 0.25) is 0 Å². The van der Waals surface area contributed by atoms with Crippen LogP contribution in [0.5, 0.6) is 0 Å². The lowest BCUT2D eigenvalue weighted by Crippen LogP contribution is -2.08. The molecule has 8 heteroatoms. The van der Waals surface area contributed by atoms with Gasteiger partial charge in [-0.3, -0.25) is 0 Å². The van der Waals surface area contributed by atoms with Gasteiger partial charge in [0, 0.05) is 23.4 Å². The average molecular weight is 364 g/mol. The van der Waals surface area contributed by atoms with E-state index in [1.54, 1.807) is 19.1 Å². The molecule has 1 aromatic heterocycles. The first-order chi connectivity index (χ1) is 12.6. The molecule has 0 saturated heterocycles. The molecule has 142 valence electrons. The average Bonchev–Trinajstić information content (AvgIpc) is 3.05. The van der Waals surface area contributed by atoms with E-state index in [4.69, 9.17) is 10.5 Å². The summed E-state index contributed by atoms with van der Waals surface area (Å²) in [5.41, 5.74) is 9.00. The molecule has 1 aromatic carbocycles. The van der Waals surface area contributed by atoms with Crippen LogP contribution >= 0.6 is 0 Å². The van der Waals surface area contributed by atoms with Crippen LogP contribution in [0.25, 0.3) is 11.1 Å². The van der Waals surface area contributed by atoms with E-state index in [2.05, 4.69) is 4.98 Å². The molecule has 0 amide bonds. The fraction of sp³-hybridized carbons (Fsp3) is 0.389. The molecule has 0 spiro atoms. The topological polar surface area (TPSA) is 149 Å². The van der Waals surface area contributed by atoms with Crippen molar-refractivity contribution in [3.05, 3.63) is 45.8 Å². The van der Waals surface area contributed by atoms with E-state index in [0.29, 0.717) is 39.1 Å². The van der Waals surface area contributed by atoms with Crippen molar-refractivity contribution >= 4 is 5.97 Å². The smallest absolute Gasteiger partial charge is 0.355 e. The third-order valence-corrected chi connectivity index (χ3v) is 4.31. The van der Waals surface area contributed by atoms with Gasteiger partial charge in [-0.25, -0.2) is 4.79 Å². The van der Waals surface area contributed by atoms with Crippen LogP contribution in [-0.4, -0.2) is 38.0 Å². The standard InChI is InChI=1S/C18H24N2O6/c1-2-26-18(25)17-14(9-24)16(15(5-19)20-17)11-4-3-10(6-21)12(7-22)13(11)8-23/h3-4,20-24H,2,5-9,19H2,1H3. The van der Waals surface area contributed by atoms with Crippen molar-refractivity contribution < 1.29 is 30.0 Å². The van der Waals surface area contributed by atoms with Gasteiger partial charge < -0.3 is 35.9 Å². The van der Waals surface area contributed by atoms with E-state index in [1.165, 1.54) is 0 Å². The third-order valence-electron chi connectivity index (χ3n) is 4.31. The lowest BCUT2D eigenvalue weighted by atomic mass is 9.90. The number of aliphatic hydroxyl groups excluding tert-OH is 4. The first kappa shape index (κ1) is 20.1. The molecule has 0 atom stereocenters. The largest absolute Gasteiger partial charge is 0.461 e. The van der Waals surface area contributed by atoms with E-state index in [0.717, 1.165) is 0 Å². The molecule has 8 nitrogen and oxygen atoms in total. The highest BCUT2D eigenvalue weighted by atomic mass is 16.5. The van der Waals surface area contributed by atoms with Crippen molar-refractivity contribution in [2.45, 2.75) is 39.9 Å². The summed E-state index contributed by atoms with van der Waals surface area (Å²) in [6.07, 6.45) is 0. The first-order valence-corrected chi connectivity index (χ1v) is 8.26. The van der Waals surface area contributed by atoms with Crippen LogP contribution in [-0.2, 0) is 37.7 Å². The number of aromatic amines is 1. The predicted octanol–water partition coefficient (Wildman–Crippen LogP) is 0.286. The number of H-pyrrole nitrogens is 1. The molecule has 0 radical (unpaired) electrons. The monoisotopic (exact) mass is 364 g/mol. The number of benzene rings is 1. The summed E-state index contributed by atoms with van der Waals surface area (Å²) in [6.45, 7) is 0.410. The van der Waals surface area contributed by atoms with Crippen molar-refractivity contribution in [3.63, 3.8) is 0 Å². The summed E-state index contributed by atoms with van der Waals surface area (Å²) >= 11 is 0. The Morgan fingerprint density at radius 1 is 1.04 bits per heavy atom. The molecule has 0 fully saturated rings. The molecule has 0 aliphatic rings. The Morgan fingerprint density at radius 2 is 1.69 bits per heavy atom. The van der Waals surface area contributed by atoms with Gasteiger partial charge in [0.15, 0.2) is 0 Å². The van der Waals surface area contributed by atoms with E-state index in [1.807, 2.05) is 0 Å². The van der Waals surface area contributed by atoms with Gasteiger partial charge in [-0.05, 0) is 29.2 Å². The van der Waals surface area contributed by atoms with Crippen molar-refractivity contribution in [3.8, 4) is 11.1 Å². The first-order valence-electron chi connectivity index (χ1n) is 8.26. The second-order valence-electron chi connectivity index (χ2n) is 5.62. The van der Waals surface area contributed by atoms with Crippen molar-refractivity contribution in [2.24, 2.45) is 5.73 Å². The third kappa shape index (κ3) is 3.50. The van der Waals surface area contributed by atoms with Gasteiger partial charge in [-0.15, -0.1) is 0 Å².